The van der Waals surface area contributed by atoms with Crippen LogP contribution in [0.25, 0.3) is 33.5 Å². The van der Waals surface area contributed by atoms with Crippen molar-refractivity contribution >= 4 is 16.9 Å². The van der Waals surface area contributed by atoms with Crippen molar-refractivity contribution < 1.29 is 9.21 Å². The van der Waals surface area contributed by atoms with Crippen LogP contribution in [0.1, 0.15) is 10.5 Å². The third-order valence-electron chi connectivity index (χ3n) is 4.43. The number of hydrogen-bond donors (Lipinski definition) is 1. The van der Waals surface area contributed by atoms with E-state index < -0.39 is 0 Å². The molecule has 122 valence electrons. The molecule has 5 rings (SSSR count). The average molecular weight is 330 g/mol. The summed E-state index contributed by atoms with van der Waals surface area (Å²) in [7, 11) is 0. The molecule has 1 amide bonds. The molecule has 0 saturated carbocycles. The SMILES string of the molecule is O=C1NCCn2nc(-c3ccnc(-c4ccc5occc5c4)c3)cc21. The van der Waals surface area contributed by atoms with Gasteiger partial charge in [-0.05, 0) is 42.5 Å². The summed E-state index contributed by atoms with van der Waals surface area (Å²) < 4.78 is 7.14. The third-order valence-corrected chi connectivity index (χ3v) is 4.43. The van der Waals surface area contributed by atoms with E-state index in [2.05, 4.69) is 21.5 Å². The fourth-order valence-electron chi connectivity index (χ4n) is 3.15. The van der Waals surface area contributed by atoms with E-state index in [1.54, 1.807) is 17.1 Å². The highest BCUT2D eigenvalue weighted by Gasteiger charge is 2.20. The van der Waals surface area contributed by atoms with Gasteiger partial charge in [-0.15, -0.1) is 0 Å². The van der Waals surface area contributed by atoms with Gasteiger partial charge in [0.15, 0.2) is 0 Å². The highest BCUT2D eigenvalue weighted by Crippen LogP contribution is 2.27. The summed E-state index contributed by atoms with van der Waals surface area (Å²) >= 11 is 0. The molecule has 1 aromatic carbocycles. The van der Waals surface area contributed by atoms with Crippen LogP contribution in [0, 0.1) is 0 Å². The summed E-state index contributed by atoms with van der Waals surface area (Å²) in [6, 6.07) is 13.6. The molecule has 0 unspecified atom stereocenters. The van der Waals surface area contributed by atoms with Gasteiger partial charge in [-0.25, -0.2) is 0 Å². The van der Waals surface area contributed by atoms with Crippen LogP contribution in [0.5, 0.6) is 0 Å². The molecule has 0 atom stereocenters. The van der Waals surface area contributed by atoms with Crippen LogP contribution < -0.4 is 5.32 Å². The highest BCUT2D eigenvalue weighted by atomic mass is 16.3. The second kappa shape index (κ2) is 5.31. The van der Waals surface area contributed by atoms with Gasteiger partial charge in [0.25, 0.3) is 5.91 Å². The largest absolute Gasteiger partial charge is 0.464 e. The summed E-state index contributed by atoms with van der Waals surface area (Å²) in [4.78, 5) is 16.4. The van der Waals surface area contributed by atoms with Crippen molar-refractivity contribution in [3.8, 4) is 22.5 Å². The van der Waals surface area contributed by atoms with Crippen LogP contribution in [-0.4, -0.2) is 27.2 Å². The molecule has 1 aliphatic rings. The Morgan fingerprint density at radius 2 is 1.96 bits per heavy atom. The molecule has 0 radical (unpaired) electrons. The van der Waals surface area contributed by atoms with Crippen LogP contribution in [0.3, 0.4) is 0 Å². The van der Waals surface area contributed by atoms with E-state index in [0.717, 1.165) is 33.5 Å². The quantitative estimate of drug-likeness (QED) is 0.613. The van der Waals surface area contributed by atoms with Gasteiger partial charge in [0.05, 0.1) is 24.2 Å². The van der Waals surface area contributed by atoms with Gasteiger partial charge in [-0.2, -0.15) is 5.10 Å². The molecule has 6 heteroatoms. The monoisotopic (exact) mass is 330 g/mol. The lowest BCUT2D eigenvalue weighted by Gasteiger charge is -2.13. The van der Waals surface area contributed by atoms with E-state index in [1.807, 2.05) is 36.4 Å². The van der Waals surface area contributed by atoms with E-state index in [-0.39, 0.29) is 5.91 Å². The van der Waals surface area contributed by atoms with Crippen molar-refractivity contribution in [2.75, 3.05) is 6.54 Å². The van der Waals surface area contributed by atoms with Gasteiger partial charge in [0, 0.05) is 29.3 Å². The molecule has 1 N–H and O–H groups in total. The fourth-order valence-corrected chi connectivity index (χ4v) is 3.15. The van der Waals surface area contributed by atoms with Crippen molar-refractivity contribution in [3.63, 3.8) is 0 Å². The number of benzene rings is 1. The number of pyridine rings is 1. The van der Waals surface area contributed by atoms with Crippen molar-refractivity contribution in [3.05, 3.63) is 60.6 Å². The minimum Gasteiger partial charge on any atom is -0.464 e. The van der Waals surface area contributed by atoms with Gasteiger partial charge in [0.2, 0.25) is 0 Å². The van der Waals surface area contributed by atoms with Crippen LogP contribution in [0.15, 0.2) is 59.3 Å². The lowest BCUT2D eigenvalue weighted by Crippen LogP contribution is -2.35. The van der Waals surface area contributed by atoms with E-state index >= 15 is 0 Å². The predicted molar refractivity (Wildman–Crippen MR) is 93.0 cm³/mol. The second-order valence-electron chi connectivity index (χ2n) is 6.00. The molecular formula is C19H14N4O2. The van der Waals surface area contributed by atoms with Gasteiger partial charge in [0.1, 0.15) is 11.3 Å². The van der Waals surface area contributed by atoms with E-state index in [1.165, 1.54) is 0 Å². The number of nitrogens with zero attached hydrogens (tertiary/aromatic N) is 3. The summed E-state index contributed by atoms with van der Waals surface area (Å²) in [5.74, 6) is -0.0790. The molecule has 1 aliphatic heterocycles. The lowest BCUT2D eigenvalue weighted by molar-refractivity contribution is 0.0924. The molecule has 0 aliphatic carbocycles. The Balaban J connectivity index is 1.58. The Kier molecular flexibility index (Phi) is 2.97. The molecule has 6 nitrogen and oxygen atoms in total. The Labute approximate surface area is 143 Å². The zero-order chi connectivity index (χ0) is 16.8. The Hall–Kier alpha value is -3.41. The summed E-state index contributed by atoms with van der Waals surface area (Å²) in [6.07, 6.45) is 3.45. The van der Waals surface area contributed by atoms with Gasteiger partial charge < -0.3 is 9.73 Å². The fraction of sp³-hybridized carbons (Fsp3) is 0.105. The Morgan fingerprint density at radius 3 is 2.88 bits per heavy atom. The molecule has 25 heavy (non-hydrogen) atoms. The maximum absolute atomic E-state index is 11.9. The molecule has 0 spiro atoms. The number of hydrogen-bond acceptors (Lipinski definition) is 4. The number of carbonyl (C=O) groups is 1. The van der Waals surface area contributed by atoms with Crippen molar-refractivity contribution in [2.45, 2.75) is 6.54 Å². The molecule has 0 fully saturated rings. The average Bonchev–Trinajstić information content (AvgIpc) is 3.28. The molecule has 3 aromatic heterocycles. The standard InChI is InChI=1S/C19H14N4O2/c24-19-17-11-16(22-23(17)7-6-21-19)13-3-5-20-15(10-13)12-1-2-18-14(9-12)4-8-25-18/h1-5,8-11H,6-7H2,(H,21,24). The normalized spacial score (nSPS) is 13.7. The zero-order valence-electron chi connectivity index (χ0n) is 13.3. The number of carbonyl (C=O) groups excluding carboxylic acids is 1. The van der Waals surface area contributed by atoms with Crippen molar-refractivity contribution in [1.82, 2.24) is 20.1 Å². The number of nitrogens with one attached hydrogen (secondary N) is 1. The first kappa shape index (κ1) is 14.0. The first-order valence-corrected chi connectivity index (χ1v) is 8.08. The van der Waals surface area contributed by atoms with Crippen LogP contribution in [0.4, 0.5) is 0 Å². The summed E-state index contributed by atoms with van der Waals surface area (Å²) in [5.41, 5.74) is 5.03. The van der Waals surface area contributed by atoms with Crippen molar-refractivity contribution in [1.29, 1.82) is 0 Å². The number of fused-ring (bicyclic) bond motifs is 2. The van der Waals surface area contributed by atoms with Crippen LogP contribution >= 0.6 is 0 Å². The van der Waals surface area contributed by atoms with E-state index in [9.17, 15) is 4.79 Å². The van der Waals surface area contributed by atoms with Crippen LogP contribution in [-0.2, 0) is 6.54 Å². The molecule has 0 bridgehead atoms. The summed E-state index contributed by atoms with van der Waals surface area (Å²) in [5, 5.41) is 8.44. The first-order valence-electron chi connectivity index (χ1n) is 8.08. The zero-order valence-corrected chi connectivity index (χ0v) is 13.3. The second-order valence-corrected chi connectivity index (χ2v) is 6.00. The van der Waals surface area contributed by atoms with Gasteiger partial charge in [-0.1, -0.05) is 0 Å². The molecule has 4 heterocycles. The smallest absolute Gasteiger partial charge is 0.269 e. The number of furan rings is 1. The maximum atomic E-state index is 11.9. The maximum Gasteiger partial charge on any atom is 0.269 e. The highest BCUT2D eigenvalue weighted by molar-refractivity contribution is 5.94. The lowest BCUT2D eigenvalue weighted by atomic mass is 10.1. The Morgan fingerprint density at radius 1 is 1.04 bits per heavy atom. The van der Waals surface area contributed by atoms with Crippen molar-refractivity contribution in [2.24, 2.45) is 0 Å². The number of rotatable bonds is 2. The van der Waals surface area contributed by atoms with E-state index in [0.29, 0.717) is 18.8 Å². The molecule has 0 saturated heterocycles. The summed E-state index contributed by atoms with van der Waals surface area (Å²) in [6.45, 7) is 1.30. The third kappa shape index (κ3) is 2.30. The minimum absolute atomic E-state index is 0.0790. The number of aromatic nitrogens is 3. The molecule has 4 aromatic rings. The molecular weight excluding hydrogens is 316 g/mol. The van der Waals surface area contributed by atoms with Gasteiger partial charge in [-0.3, -0.25) is 14.5 Å². The van der Waals surface area contributed by atoms with Crippen LogP contribution in [0.2, 0.25) is 0 Å². The first-order chi connectivity index (χ1) is 12.3. The topological polar surface area (TPSA) is 73.0 Å². The Bertz CT molecular complexity index is 1110. The predicted octanol–water partition coefficient (Wildman–Crippen LogP) is 3.10. The van der Waals surface area contributed by atoms with Gasteiger partial charge >= 0.3 is 0 Å². The van der Waals surface area contributed by atoms with E-state index in [4.69, 9.17) is 4.42 Å². The number of amides is 1. The minimum atomic E-state index is -0.0790.